The van der Waals surface area contributed by atoms with E-state index in [1.807, 2.05) is 32.9 Å². The van der Waals surface area contributed by atoms with Gasteiger partial charge in [0.1, 0.15) is 0 Å². The van der Waals surface area contributed by atoms with Gasteiger partial charge in [0.05, 0.1) is 6.61 Å². The van der Waals surface area contributed by atoms with E-state index >= 15 is 0 Å². The minimum absolute atomic E-state index is 0.360. The number of rotatable bonds is 19. The molecule has 8 nitrogen and oxygen atoms in total. The van der Waals surface area contributed by atoms with Crippen molar-refractivity contribution in [2.45, 2.75) is 84.6 Å². The Hall–Kier alpha value is -2.20. The molecule has 0 spiro atoms. The normalized spacial score (nSPS) is 17.8. The van der Waals surface area contributed by atoms with Crippen LogP contribution in [0.5, 0.6) is 0 Å². The summed E-state index contributed by atoms with van der Waals surface area (Å²) in [6.07, 6.45) is 12.5. The first-order chi connectivity index (χ1) is 18.9. The molecule has 1 fully saturated rings. The summed E-state index contributed by atoms with van der Waals surface area (Å²) >= 11 is 0. The molecule has 1 aliphatic carbocycles. The van der Waals surface area contributed by atoms with Crippen molar-refractivity contribution in [3.8, 4) is 0 Å². The molecular weight excluding hydrogens is 514 g/mol. The van der Waals surface area contributed by atoms with Crippen molar-refractivity contribution in [2.24, 2.45) is 11.8 Å². The molecule has 2 rings (SSSR count). The number of benzene rings is 1. The van der Waals surface area contributed by atoms with Crippen LogP contribution in [0.25, 0.3) is 6.08 Å². The molecule has 1 aliphatic rings. The smallest absolute Gasteiger partial charge is 0.478 e. The number of nitrogens with one attached hydrogen (secondary N) is 1. The molecule has 1 aromatic rings. The van der Waals surface area contributed by atoms with Gasteiger partial charge in [-0.2, -0.15) is 0 Å². The second-order valence-electron chi connectivity index (χ2n) is 10.1. The van der Waals surface area contributed by atoms with Gasteiger partial charge in [-0.1, -0.05) is 49.9 Å². The van der Waals surface area contributed by atoms with Crippen LogP contribution in [-0.2, 0) is 29.2 Å². The Bertz CT molecular complexity index is 836. The van der Waals surface area contributed by atoms with Crippen LogP contribution in [0, 0.1) is 11.8 Å². The van der Waals surface area contributed by atoms with Crippen molar-refractivity contribution < 1.29 is 32.7 Å². The monoisotopic (exact) mass is 563 g/mol. The van der Waals surface area contributed by atoms with E-state index in [1.54, 1.807) is 6.08 Å². The number of carboxylic acid groups (broad SMARTS) is 1. The van der Waals surface area contributed by atoms with Crippen LogP contribution in [0.15, 0.2) is 30.3 Å². The van der Waals surface area contributed by atoms with Gasteiger partial charge in [0, 0.05) is 38.5 Å². The number of aliphatic carboxylic acids is 1. The molecule has 0 atom stereocenters. The molecule has 0 bridgehead atoms. The van der Waals surface area contributed by atoms with Gasteiger partial charge in [-0.3, -0.25) is 0 Å². The highest BCUT2D eigenvalue weighted by molar-refractivity contribution is 6.60. The zero-order valence-corrected chi connectivity index (χ0v) is 25.1. The van der Waals surface area contributed by atoms with Crippen LogP contribution in [0.1, 0.15) is 83.3 Å². The molecule has 1 aromatic carbocycles. The summed E-state index contributed by atoms with van der Waals surface area (Å²) in [7, 11) is -2.66. The topological polar surface area (TPSA) is 103 Å². The van der Waals surface area contributed by atoms with Gasteiger partial charge >= 0.3 is 20.9 Å². The highest BCUT2D eigenvalue weighted by Crippen LogP contribution is 2.34. The minimum Gasteiger partial charge on any atom is -0.478 e. The standard InChI is InChI=1S/C30H49NO7Si/c1-4-36-39(37-5-2,38-6-3)24-8-22-31-30(34)35-23-7-9-25-10-12-26(13-11-25)14-15-27-16-18-28(19-17-27)20-21-29(32)33/h16-21,25-26H,4-15,22-24H2,1-3H3,(H,31,34)(H,32,33)/b21-20+. The van der Waals surface area contributed by atoms with Gasteiger partial charge in [0.15, 0.2) is 0 Å². The molecule has 0 unspecified atom stereocenters. The van der Waals surface area contributed by atoms with Crippen LogP contribution in [0.4, 0.5) is 4.79 Å². The van der Waals surface area contributed by atoms with E-state index in [-0.39, 0.29) is 6.09 Å². The van der Waals surface area contributed by atoms with E-state index in [9.17, 15) is 9.59 Å². The van der Waals surface area contributed by atoms with Gasteiger partial charge < -0.3 is 28.4 Å². The van der Waals surface area contributed by atoms with Crippen LogP contribution in [0.2, 0.25) is 6.04 Å². The zero-order valence-electron chi connectivity index (χ0n) is 24.1. The van der Waals surface area contributed by atoms with Crippen molar-refractivity contribution in [3.05, 3.63) is 41.5 Å². The Morgan fingerprint density at radius 2 is 1.51 bits per heavy atom. The van der Waals surface area contributed by atoms with Crippen LogP contribution in [-0.4, -0.2) is 58.9 Å². The summed E-state index contributed by atoms with van der Waals surface area (Å²) in [4.78, 5) is 22.7. The number of aryl methyl sites for hydroxylation is 1. The summed E-state index contributed by atoms with van der Waals surface area (Å²) in [5, 5.41) is 11.6. The third-order valence-corrected chi connectivity index (χ3v) is 10.4. The zero-order chi connectivity index (χ0) is 28.3. The van der Waals surface area contributed by atoms with Crippen molar-refractivity contribution in [1.82, 2.24) is 5.32 Å². The second kappa shape index (κ2) is 19.0. The molecule has 39 heavy (non-hydrogen) atoms. The maximum Gasteiger partial charge on any atom is 0.500 e. The summed E-state index contributed by atoms with van der Waals surface area (Å²) in [5.74, 6) is 0.563. The number of ether oxygens (including phenoxy) is 1. The largest absolute Gasteiger partial charge is 0.500 e. The lowest BCUT2D eigenvalue weighted by Gasteiger charge is -2.28. The number of hydrogen-bond donors (Lipinski definition) is 2. The van der Waals surface area contributed by atoms with Crippen LogP contribution < -0.4 is 5.32 Å². The molecule has 0 aromatic heterocycles. The summed E-state index contributed by atoms with van der Waals surface area (Å²) < 4.78 is 22.9. The van der Waals surface area contributed by atoms with E-state index in [4.69, 9.17) is 23.1 Å². The van der Waals surface area contributed by atoms with E-state index in [2.05, 4.69) is 17.4 Å². The van der Waals surface area contributed by atoms with Crippen molar-refractivity contribution in [2.75, 3.05) is 33.0 Å². The molecule has 0 radical (unpaired) electrons. The fraction of sp³-hybridized carbons (Fsp3) is 0.667. The van der Waals surface area contributed by atoms with Crippen molar-refractivity contribution in [3.63, 3.8) is 0 Å². The Balaban J connectivity index is 1.53. The van der Waals surface area contributed by atoms with Gasteiger partial charge in [-0.05, 0) is 81.9 Å². The Labute approximate surface area is 235 Å². The minimum atomic E-state index is -2.66. The first-order valence-corrected chi connectivity index (χ1v) is 16.6. The predicted molar refractivity (Wildman–Crippen MR) is 156 cm³/mol. The highest BCUT2D eigenvalue weighted by atomic mass is 28.4. The summed E-state index contributed by atoms with van der Waals surface area (Å²) in [6, 6.07) is 8.83. The van der Waals surface area contributed by atoms with Crippen molar-refractivity contribution in [1.29, 1.82) is 0 Å². The molecule has 1 amide bonds. The number of carboxylic acids is 1. The number of carbonyl (C=O) groups excluding carboxylic acids is 1. The summed E-state index contributed by atoms with van der Waals surface area (Å²) in [6.45, 7) is 8.44. The van der Waals surface area contributed by atoms with E-state index in [0.717, 1.165) is 43.1 Å². The highest BCUT2D eigenvalue weighted by Gasteiger charge is 2.39. The van der Waals surface area contributed by atoms with E-state index in [1.165, 1.54) is 43.7 Å². The van der Waals surface area contributed by atoms with Crippen LogP contribution in [0.3, 0.4) is 0 Å². The third-order valence-electron chi connectivity index (χ3n) is 7.22. The Kier molecular flexibility index (Phi) is 16.1. The molecule has 0 saturated heterocycles. The van der Waals surface area contributed by atoms with E-state index in [0.29, 0.717) is 39.0 Å². The third kappa shape index (κ3) is 13.6. The van der Waals surface area contributed by atoms with E-state index < -0.39 is 14.8 Å². The number of carbonyl (C=O) groups is 2. The average molecular weight is 564 g/mol. The molecule has 0 heterocycles. The van der Waals surface area contributed by atoms with Crippen molar-refractivity contribution >= 4 is 26.9 Å². The first kappa shape index (κ1) is 33.0. The molecule has 220 valence electrons. The van der Waals surface area contributed by atoms with Gasteiger partial charge in [0.25, 0.3) is 0 Å². The van der Waals surface area contributed by atoms with Gasteiger partial charge in [0.2, 0.25) is 0 Å². The molecule has 0 aliphatic heterocycles. The number of amides is 1. The lowest BCUT2D eigenvalue weighted by molar-refractivity contribution is -0.131. The molecule has 1 saturated carbocycles. The average Bonchev–Trinajstić information content (AvgIpc) is 2.93. The Morgan fingerprint density at radius 1 is 0.923 bits per heavy atom. The van der Waals surface area contributed by atoms with Gasteiger partial charge in [-0.15, -0.1) is 0 Å². The van der Waals surface area contributed by atoms with Gasteiger partial charge in [-0.25, -0.2) is 9.59 Å². The summed E-state index contributed by atoms with van der Waals surface area (Å²) in [5.41, 5.74) is 2.22. The number of alkyl carbamates (subject to hydrolysis) is 1. The lowest BCUT2D eigenvalue weighted by atomic mass is 9.78. The fourth-order valence-corrected chi connectivity index (χ4v) is 7.84. The maximum atomic E-state index is 12.1. The SMILES string of the molecule is CCO[Si](CCCNC(=O)OCCCC1CCC(CCc2ccc(/C=C/C(=O)O)cc2)CC1)(OCC)OCC. The second-order valence-corrected chi connectivity index (χ2v) is 12.9. The Morgan fingerprint density at radius 3 is 2.08 bits per heavy atom. The molecular formula is C30H49NO7Si. The lowest BCUT2D eigenvalue weighted by Crippen LogP contribution is -2.46. The number of hydrogen-bond acceptors (Lipinski definition) is 6. The first-order valence-electron chi connectivity index (χ1n) is 14.7. The molecule has 9 heteroatoms. The van der Waals surface area contributed by atoms with Crippen LogP contribution >= 0.6 is 0 Å². The predicted octanol–water partition coefficient (Wildman–Crippen LogP) is 6.47. The fourth-order valence-electron chi connectivity index (χ4n) is 5.23. The quantitative estimate of drug-likeness (QED) is 0.113. The molecule has 2 N–H and O–H groups in total. The maximum absolute atomic E-state index is 12.1.